The average molecular weight is 427 g/mol. The lowest BCUT2D eigenvalue weighted by Crippen LogP contribution is -2.67. The van der Waals surface area contributed by atoms with Crippen LogP contribution in [-0.4, -0.2) is 34.3 Å². The third-order valence-electron chi connectivity index (χ3n) is 8.36. The van der Waals surface area contributed by atoms with Crippen LogP contribution >= 0.6 is 23.2 Å². The Morgan fingerprint density at radius 2 is 1.96 bits per heavy atom. The molecule has 0 aliphatic heterocycles. The molecule has 4 rings (SSSR count). The van der Waals surface area contributed by atoms with Crippen LogP contribution in [0.5, 0.6) is 0 Å². The summed E-state index contributed by atoms with van der Waals surface area (Å²) in [5.74, 6) is -2.07. The molecule has 2 saturated carbocycles. The first-order valence-corrected chi connectivity index (χ1v) is 10.7. The smallest absolute Gasteiger partial charge is 0.167 e. The maximum atomic E-state index is 13.3. The Morgan fingerprint density at radius 1 is 1.29 bits per heavy atom. The maximum absolute atomic E-state index is 13.3. The van der Waals surface area contributed by atoms with E-state index < -0.39 is 33.7 Å². The summed E-state index contributed by atoms with van der Waals surface area (Å²) in [5, 5.41) is -0.587. The van der Waals surface area contributed by atoms with Crippen molar-refractivity contribution in [2.45, 2.75) is 50.3 Å². The zero-order valence-electron chi connectivity index (χ0n) is 16.3. The number of hydrogen-bond acceptors (Lipinski definition) is 3. The van der Waals surface area contributed by atoms with Gasteiger partial charge in [0.2, 0.25) is 0 Å². The van der Waals surface area contributed by atoms with Crippen molar-refractivity contribution in [1.29, 1.82) is 0 Å². The Labute approximate surface area is 174 Å². The van der Waals surface area contributed by atoms with Gasteiger partial charge in [0.15, 0.2) is 17.3 Å². The molecule has 2 unspecified atom stereocenters. The number of carbonyl (C=O) groups excluding carboxylic acids is 3. The second kappa shape index (κ2) is 6.25. The molecule has 0 spiro atoms. The van der Waals surface area contributed by atoms with Gasteiger partial charge in [0.1, 0.15) is 6.67 Å². The van der Waals surface area contributed by atoms with Gasteiger partial charge in [-0.15, -0.1) is 23.2 Å². The number of ketones is 3. The fraction of sp³-hybridized carbons (Fsp3) is 0.682. The standard InChI is InChI=1S/C22H25Cl2FO3/c1-11-16(26)8-12-4-5-14-13-6-7-15(17(27)10-25)20(13,2)9-18(23)22(14,24)21(12,3)19(11)28/h4-5,8,11,13-15,18H,6-7,9-10H2,1-3H3/t11?,13-,14-,15+,18?,20-,21+,22-/m0/s1. The third kappa shape index (κ3) is 2.19. The normalized spacial score (nSPS) is 49.9. The second-order valence-electron chi connectivity index (χ2n) is 9.38. The number of Topliss-reactive ketones (excluding diaryl/α,β-unsaturated/α-hetero) is 2. The highest BCUT2D eigenvalue weighted by atomic mass is 35.5. The van der Waals surface area contributed by atoms with Gasteiger partial charge in [0.25, 0.3) is 0 Å². The van der Waals surface area contributed by atoms with Crippen LogP contribution in [0, 0.1) is 34.5 Å². The quantitative estimate of drug-likeness (QED) is 0.483. The summed E-state index contributed by atoms with van der Waals surface area (Å²) in [6.07, 6.45) is 7.15. The van der Waals surface area contributed by atoms with Gasteiger partial charge >= 0.3 is 0 Å². The summed E-state index contributed by atoms with van der Waals surface area (Å²) in [4.78, 5) is 36.8. The van der Waals surface area contributed by atoms with E-state index in [0.29, 0.717) is 18.4 Å². The van der Waals surface area contributed by atoms with E-state index in [9.17, 15) is 18.8 Å². The SMILES string of the molecule is CC1C(=O)C=C2C=C[C@H]3[C@@H]4CC[C@H](C(=O)CF)[C@@]4(C)CC(Cl)[C@]3(Cl)[C@@]2(C)C1=O. The van der Waals surface area contributed by atoms with Crippen molar-refractivity contribution in [2.75, 3.05) is 6.67 Å². The van der Waals surface area contributed by atoms with E-state index in [1.807, 2.05) is 26.0 Å². The molecule has 6 heteroatoms. The summed E-state index contributed by atoms with van der Waals surface area (Å²) in [5.41, 5.74) is -0.896. The third-order valence-corrected chi connectivity index (χ3v) is 9.86. The zero-order chi connectivity index (χ0) is 20.6. The lowest BCUT2D eigenvalue weighted by Gasteiger charge is -2.61. The van der Waals surface area contributed by atoms with E-state index in [1.54, 1.807) is 6.92 Å². The summed E-state index contributed by atoms with van der Waals surface area (Å²) >= 11 is 14.2. The summed E-state index contributed by atoms with van der Waals surface area (Å²) < 4.78 is 13.2. The molecule has 0 heterocycles. The molecule has 0 radical (unpaired) electrons. The monoisotopic (exact) mass is 426 g/mol. The summed E-state index contributed by atoms with van der Waals surface area (Å²) in [6, 6.07) is 0. The van der Waals surface area contributed by atoms with Crippen LogP contribution in [0.15, 0.2) is 23.8 Å². The molecule has 0 bridgehead atoms. The molecule has 4 aliphatic carbocycles. The van der Waals surface area contributed by atoms with Crippen molar-refractivity contribution in [3.8, 4) is 0 Å². The fourth-order valence-corrected chi connectivity index (χ4v) is 7.89. The molecule has 152 valence electrons. The molecule has 8 atom stereocenters. The summed E-state index contributed by atoms with van der Waals surface area (Å²) in [6.45, 7) is 4.49. The van der Waals surface area contributed by atoms with Gasteiger partial charge in [-0.3, -0.25) is 14.4 Å². The van der Waals surface area contributed by atoms with Crippen molar-refractivity contribution in [1.82, 2.24) is 0 Å². The minimum absolute atomic E-state index is 0.0378. The number of fused-ring (bicyclic) bond motifs is 5. The molecule has 0 aromatic carbocycles. The molecule has 2 fully saturated rings. The summed E-state index contributed by atoms with van der Waals surface area (Å²) in [7, 11) is 0. The molecular formula is C22H25Cl2FO3. The average Bonchev–Trinajstić information content (AvgIpc) is 2.99. The molecule has 0 amide bonds. The Kier molecular flexibility index (Phi) is 4.53. The molecule has 28 heavy (non-hydrogen) atoms. The number of alkyl halides is 3. The first kappa shape index (κ1) is 20.3. The molecule has 0 aromatic heterocycles. The molecule has 0 saturated heterocycles. The topological polar surface area (TPSA) is 51.2 Å². The minimum Gasteiger partial charge on any atom is -0.298 e. The van der Waals surface area contributed by atoms with Crippen LogP contribution in [0.1, 0.15) is 40.0 Å². The maximum Gasteiger partial charge on any atom is 0.167 e. The van der Waals surface area contributed by atoms with Gasteiger partial charge < -0.3 is 0 Å². The van der Waals surface area contributed by atoms with Gasteiger partial charge in [-0.05, 0) is 56.1 Å². The largest absolute Gasteiger partial charge is 0.298 e. The highest BCUT2D eigenvalue weighted by Crippen LogP contribution is 2.69. The second-order valence-corrected chi connectivity index (χ2v) is 10.5. The van der Waals surface area contributed by atoms with Crippen molar-refractivity contribution < 1.29 is 18.8 Å². The van der Waals surface area contributed by atoms with E-state index in [4.69, 9.17) is 23.2 Å². The number of halogens is 3. The van der Waals surface area contributed by atoms with Gasteiger partial charge in [-0.1, -0.05) is 19.1 Å². The van der Waals surface area contributed by atoms with Crippen LogP contribution < -0.4 is 0 Å². The van der Waals surface area contributed by atoms with Crippen LogP contribution in [-0.2, 0) is 14.4 Å². The molecule has 0 N–H and O–H groups in total. The number of rotatable bonds is 2. The van der Waals surface area contributed by atoms with E-state index in [-0.39, 0.29) is 35.1 Å². The highest BCUT2D eigenvalue weighted by molar-refractivity contribution is 6.36. The van der Waals surface area contributed by atoms with Crippen molar-refractivity contribution in [3.63, 3.8) is 0 Å². The van der Waals surface area contributed by atoms with Crippen LogP contribution in [0.25, 0.3) is 0 Å². The van der Waals surface area contributed by atoms with Gasteiger partial charge in [0.05, 0.1) is 21.6 Å². The van der Waals surface area contributed by atoms with E-state index >= 15 is 0 Å². The Balaban J connectivity index is 1.86. The molecule has 0 aromatic rings. The predicted molar refractivity (Wildman–Crippen MR) is 106 cm³/mol. The van der Waals surface area contributed by atoms with E-state index in [0.717, 1.165) is 6.42 Å². The first-order valence-electron chi connectivity index (χ1n) is 9.93. The first-order chi connectivity index (χ1) is 13.0. The van der Waals surface area contributed by atoms with Gasteiger partial charge in [-0.25, -0.2) is 4.39 Å². The Bertz CT molecular complexity index is 836. The molecule has 3 nitrogen and oxygen atoms in total. The zero-order valence-corrected chi connectivity index (χ0v) is 17.8. The minimum atomic E-state index is -1.08. The van der Waals surface area contributed by atoms with Crippen molar-refractivity contribution >= 4 is 40.6 Å². The molecular weight excluding hydrogens is 402 g/mol. The Hall–Kier alpha value is -1.00. The predicted octanol–water partition coefficient (Wildman–Crippen LogP) is 4.45. The number of allylic oxidation sites excluding steroid dienone is 4. The van der Waals surface area contributed by atoms with Crippen molar-refractivity contribution in [3.05, 3.63) is 23.8 Å². The molecule has 4 aliphatic rings. The van der Waals surface area contributed by atoms with Crippen LogP contribution in [0.3, 0.4) is 0 Å². The fourth-order valence-electron chi connectivity index (χ4n) is 6.69. The van der Waals surface area contributed by atoms with Crippen LogP contribution in [0.2, 0.25) is 0 Å². The lowest BCUT2D eigenvalue weighted by atomic mass is 9.47. The highest BCUT2D eigenvalue weighted by Gasteiger charge is 2.71. The lowest BCUT2D eigenvalue weighted by molar-refractivity contribution is -0.141. The van der Waals surface area contributed by atoms with Gasteiger partial charge in [-0.2, -0.15) is 0 Å². The van der Waals surface area contributed by atoms with Crippen LogP contribution in [0.4, 0.5) is 4.39 Å². The number of carbonyl (C=O) groups is 3. The van der Waals surface area contributed by atoms with E-state index in [2.05, 4.69) is 0 Å². The van der Waals surface area contributed by atoms with Gasteiger partial charge in [0, 0.05) is 11.8 Å². The number of hydrogen-bond donors (Lipinski definition) is 0. The van der Waals surface area contributed by atoms with E-state index in [1.165, 1.54) is 6.08 Å². The van der Waals surface area contributed by atoms with Crippen molar-refractivity contribution in [2.24, 2.45) is 34.5 Å². The Morgan fingerprint density at radius 3 is 2.61 bits per heavy atom.